The first kappa shape index (κ1) is 21.2. The summed E-state index contributed by atoms with van der Waals surface area (Å²) in [5, 5.41) is 36.5. The summed E-state index contributed by atoms with van der Waals surface area (Å²) in [6.45, 7) is 0.334. The second-order valence-corrected chi connectivity index (χ2v) is 8.65. The molecule has 0 fully saturated rings. The fraction of sp³-hybridized carbons (Fsp3) is 1.00. The number of hydrogen-bond donors (Lipinski definition) is 4. The van der Waals surface area contributed by atoms with Crippen molar-refractivity contribution < 1.29 is 20.4 Å². The number of aliphatic hydroxyl groups is 4. The van der Waals surface area contributed by atoms with E-state index < -0.39 is 0 Å². The standard InChI is InChI=1S/C12H26O4S4/c13-1-3-17-7-11(15)9-19-5-6-20-10-12(16)8-18-4-2-14/h11-16H,1-10H2. The number of rotatable bonds is 15. The molecular formula is C12H26O4S4. The molecule has 0 spiro atoms. The summed E-state index contributed by atoms with van der Waals surface area (Å²) in [6.07, 6.45) is -0.607. The zero-order chi connectivity index (χ0) is 15.1. The molecule has 0 aromatic rings. The van der Waals surface area contributed by atoms with Crippen molar-refractivity contribution in [3.8, 4) is 0 Å². The van der Waals surface area contributed by atoms with Crippen LogP contribution in [0, 0.1) is 0 Å². The fourth-order valence-corrected chi connectivity index (χ4v) is 4.95. The molecule has 0 aromatic carbocycles. The van der Waals surface area contributed by atoms with Gasteiger partial charge in [-0.05, 0) is 0 Å². The minimum atomic E-state index is -0.304. The van der Waals surface area contributed by atoms with Crippen LogP contribution in [0.4, 0.5) is 0 Å². The average molecular weight is 363 g/mol. The van der Waals surface area contributed by atoms with Gasteiger partial charge in [0.05, 0.1) is 25.4 Å². The van der Waals surface area contributed by atoms with Gasteiger partial charge in [0.2, 0.25) is 0 Å². The van der Waals surface area contributed by atoms with Crippen molar-refractivity contribution in [3.05, 3.63) is 0 Å². The minimum Gasteiger partial charge on any atom is -0.396 e. The Kier molecular flexibility index (Phi) is 17.6. The highest BCUT2D eigenvalue weighted by Gasteiger charge is 2.06. The molecule has 2 atom stereocenters. The Hall–Kier alpha value is 1.24. The van der Waals surface area contributed by atoms with E-state index in [2.05, 4.69) is 0 Å². The van der Waals surface area contributed by atoms with Crippen molar-refractivity contribution in [3.63, 3.8) is 0 Å². The van der Waals surface area contributed by atoms with E-state index in [1.54, 1.807) is 47.0 Å². The van der Waals surface area contributed by atoms with E-state index in [-0.39, 0.29) is 25.4 Å². The van der Waals surface area contributed by atoms with Crippen LogP contribution in [0.3, 0.4) is 0 Å². The first-order chi connectivity index (χ1) is 9.70. The summed E-state index contributed by atoms with van der Waals surface area (Å²) in [4.78, 5) is 0. The molecular weight excluding hydrogens is 336 g/mol. The van der Waals surface area contributed by atoms with Crippen LogP contribution in [0.1, 0.15) is 0 Å². The van der Waals surface area contributed by atoms with Crippen molar-refractivity contribution in [2.45, 2.75) is 12.2 Å². The van der Waals surface area contributed by atoms with Gasteiger partial charge in [0.1, 0.15) is 0 Å². The summed E-state index contributed by atoms with van der Waals surface area (Å²) < 4.78 is 0. The SMILES string of the molecule is OCCSCC(O)CSCCSCC(O)CSCCO. The smallest absolute Gasteiger partial charge is 0.0720 e. The lowest BCUT2D eigenvalue weighted by atomic mass is 10.5. The van der Waals surface area contributed by atoms with Gasteiger partial charge >= 0.3 is 0 Å². The Morgan fingerprint density at radius 1 is 0.550 bits per heavy atom. The van der Waals surface area contributed by atoms with Crippen LogP contribution in [0.5, 0.6) is 0 Å². The molecule has 4 N–H and O–H groups in total. The summed E-state index contributed by atoms with van der Waals surface area (Å²) in [5.41, 5.74) is 0. The summed E-state index contributed by atoms with van der Waals surface area (Å²) >= 11 is 6.59. The van der Waals surface area contributed by atoms with Crippen molar-refractivity contribution in [2.24, 2.45) is 0 Å². The highest BCUT2D eigenvalue weighted by molar-refractivity contribution is 8.03. The van der Waals surface area contributed by atoms with Gasteiger partial charge < -0.3 is 20.4 Å². The molecule has 0 aliphatic heterocycles. The van der Waals surface area contributed by atoms with Gasteiger partial charge in [-0.25, -0.2) is 0 Å². The second-order valence-electron chi connectivity index (χ2n) is 4.05. The molecule has 0 rings (SSSR count). The Balaban J connectivity index is 3.22. The number of thioether (sulfide) groups is 4. The number of aliphatic hydroxyl groups excluding tert-OH is 4. The van der Waals surface area contributed by atoms with E-state index in [0.29, 0.717) is 23.0 Å². The van der Waals surface area contributed by atoms with E-state index in [9.17, 15) is 10.2 Å². The average Bonchev–Trinajstić information content (AvgIpc) is 2.43. The van der Waals surface area contributed by atoms with Gasteiger partial charge in [0, 0.05) is 46.0 Å². The van der Waals surface area contributed by atoms with Crippen LogP contribution in [0.25, 0.3) is 0 Å². The molecule has 0 radical (unpaired) electrons. The van der Waals surface area contributed by atoms with E-state index in [4.69, 9.17) is 10.2 Å². The first-order valence-corrected chi connectivity index (χ1v) is 11.2. The predicted octanol–water partition coefficient (Wildman–Crippen LogP) is 0.626. The minimum absolute atomic E-state index is 0.167. The molecule has 0 amide bonds. The zero-order valence-electron chi connectivity index (χ0n) is 11.6. The van der Waals surface area contributed by atoms with E-state index >= 15 is 0 Å². The molecule has 0 aliphatic rings. The third kappa shape index (κ3) is 15.6. The topological polar surface area (TPSA) is 80.9 Å². The van der Waals surface area contributed by atoms with Gasteiger partial charge in [0.15, 0.2) is 0 Å². The molecule has 122 valence electrons. The molecule has 0 aliphatic carbocycles. The normalized spacial score (nSPS) is 14.4. The Morgan fingerprint density at radius 3 is 1.15 bits per heavy atom. The van der Waals surface area contributed by atoms with Gasteiger partial charge in [-0.2, -0.15) is 47.0 Å². The lowest BCUT2D eigenvalue weighted by Gasteiger charge is -2.11. The Bertz CT molecular complexity index is 180. The summed E-state index contributed by atoms with van der Waals surface area (Å²) in [6, 6.07) is 0. The highest BCUT2D eigenvalue weighted by Crippen LogP contribution is 2.13. The molecule has 0 saturated carbocycles. The predicted molar refractivity (Wildman–Crippen MR) is 95.5 cm³/mol. The van der Waals surface area contributed by atoms with Crippen LogP contribution in [0.2, 0.25) is 0 Å². The van der Waals surface area contributed by atoms with Crippen molar-refractivity contribution >= 4 is 47.0 Å². The first-order valence-electron chi connectivity index (χ1n) is 6.59. The molecule has 0 heterocycles. The number of hydrogen-bond acceptors (Lipinski definition) is 8. The highest BCUT2D eigenvalue weighted by atomic mass is 32.2. The third-order valence-corrected chi connectivity index (χ3v) is 6.75. The maximum absolute atomic E-state index is 9.65. The molecule has 0 aromatic heterocycles. The molecule has 8 heteroatoms. The molecule has 2 unspecified atom stereocenters. The monoisotopic (exact) mass is 362 g/mol. The van der Waals surface area contributed by atoms with Gasteiger partial charge in [0.25, 0.3) is 0 Å². The van der Waals surface area contributed by atoms with Crippen molar-refractivity contribution in [1.82, 2.24) is 0 Å². The van der Waals surface area contributed by atoms with E-state index in [1.165, 1.54) is 0 Å². The summed E-state index contributed by atoms with van der Waals surface area (Å²) in [7, 11) is 0. The molecule has 20 heavy (non-hydrogen) atoms. The Labute approximate surface area is 138 Å². The van der Waals surface area contributed by atoms with Gasteiger partial charge in [-0.1, -0.05) is 0 Å². The quantitative estimate of drug-likeness (QED) is 0.316. The molecule has 0 bridgehead atoms. The van der Waals surface area contributed by atoms with E-state index in [0.717, 1.165) is 23.0 Å². The largest absolute Gasteiger partial charge is 0.396 e. The molecule has 0 saturated heterocycles. The van der Waals surface area contributed by atoms with Gasteiger partial charge in [-0.15, -0.1) is 0 Å². The van der Waals surface area contributed by atoms with E-state index in [1.807, 2.05) is 0 Å². The summed E-state index contributed by atoms with van der Waals surface area (Å²) in [5.74, 6) is 6.14. The van der Waals surface area contributed by atoms with Crippen LogP contribution < -0.4 is 0 Å². The van der Waals surface area contributed by atoms with Crippen molar-refractivity contribution in [1.29, 1.82) is 0 Å². The Morgan fingerprint density at radius 2 is 0.850 bits per heavy atom. The van der Waals surface area contributed by atoms with Gasteiger partial charge in [-0.3, -0.25) is 0 Å². The van der Waals surface area contributed by atoms with Crippen LogP contribution >= 0.6 is 47.0 Å². The van der Waals surface area contributed by atoms with Crippen LogP contribution in [-0.4, -0.2) is 91.9 Å². The van der Waals surface area contributed by atoms with Crippen molar-refractivity contribution in [2.75, 3.05) is 59.2 Å². The van der Waals surface area contributed by atoms with Crippen LogP contribution in [0.15, 0.2) is 0 Å². The zero-order valence-corrected chi connectivity index (χ0v) is 14.9. The lowest BCUT2D eigenvalue weighted by molar-refractivity contribution is 0.224. The third-order valence-electron chi connectivity index (χ3n) is 2.08. The second kappa shape index (κ2) is 16.6. The maximum atomic E-state index is 9.65. The maximum Gasteiger partial charge on any atom is 0.0720 e. The van der Waals surface area contributed by atoms with Crippen LogP contribution in [-0.2, 0) is 0 Å². The molecule has 4 nitrogen and oxygen atoms in total. The lowest BCUT2D eigenvalue weighted by Crippen LogP contribution is -2.15. The fourth-order valence-electron chi connectivity index (χ4n) is 1.22.